The van der Waals surface area contributed by atoms with Crippen molar-refractivity contribution in [3.05, 3.63) is 47.5 Å². The highest BCUT2D eigenvalue weighted by Gasteiger charge is 2.39. The van der Waals surface area contributed by atoms with E-state index >= 15 is 0 Å². The fourth-order valence-electron chi connectivity index (χ4n) is 3.66. The molecule has 2 aliphatic rings. The van der Waals surface area contributed by atoms with Gasteiger partial charge < -0.3 is 9.84 Å². The molecule has 2 aromatic rings. The van der Waals surface area contributed by atoms with Gasteiger partial charge in [0, 0.05) is 14.8 Å². The molecule has 2 aromatic carbocycles. The van der Waals surface area contributed by atoms with E-state index in [9.17, 15) is 14.7 Å². The Kier molecular flexibility index (Phi) is 5.36. The number of hydrogen-bond acceptors (Lipinski definition) is 5. The molecule has 0 bridgehead atoms. The molecule has 7 heteroatoms. The van der Waals surface area contributed by atoms with Crippen molar-refractivity contribution < 1.29 is 19.4 Å². The Hall–Kier alpha value is -2.02. The van der Waals surface area contributed by atoms with Crippen LogP contribution in [0.5, 0.6) is 0 Å². The number of halogens is 1. The van der Waals surface area contributed by atoms with Crippen molar-refractivity contribution >= 4 is 46.6 Å². The molecule has 146 valence electrons. The van der Waals surface area contributed by atoms with Crippen molar-refractivity contribution in [2.24, 2.45) is 0 Å². The molecule has 1 fully saturated rings. The summed E-state index contributed by atoms with van der Waals surface area (Å²) < 4.78 is 5.24. The van der Waals surface area contributed by atoms with Gasteiger partial charge in [-0.05, 0) is 56.0 Å². The highest BCUT2D eigenvalue weighted by atomic mass is 35.5. The van der Waals surface area contributed by atoms with Crippen molar-refractivity contribution in [3.63, 3.8) is 0 Å². The van der Waals surface area contributed by atoms with E-state index in [0.29, 0.717) is 23.6 Å². The maximum Gasteiger partial charge on any atom is 0.338 e. The van der Waals surface area contributed by atoms with Crippen LogP contribution in [-0.4, -0.2) is 29.2 Å². The van der Waals surface area contributed by atoms with Crippen LogP contribution in [0.3, 0.4) is 0 Å². The predicted molar refractivity (Wildman–Crippen MR) is 108 cm³/mol. The highest BCUT2D eigenvalue weighted by Crippen LogP contribution is 2.48. The predicted octanol–water partition coefficient (Wildman–Crippen LogP) is 4.71. The van der Waals surface area contributed by atoms with Crippen LogP contribution in [-0.2, 0) is 14.3 Å². The Labute approximate surface area is 172 Å². The molecule has 0 aromatic heterocycles. The summed E-state index contributed by atoms with van der Waals surface area (Å²) in [6, 6.07) is 12.9. The van der Waals surface area contributed by atoms with Gasteiger partial charge >= 0.3 is 5.97 Å². The average Bonchev–Trinajstić information content (AvgIpc) is 2.70. The van der Waals surface area contributed by atoms with Crippen LogP contribution in [0, 0.1) is 0 Å². The number of benzene rings is 2. The third-order valence-corrected chi connectivity index (χ3v) is 6.49. The standard InChI is InChI=1S/C21H20ClNO4S/c22-14-8-9-18-16(12-14)23(15-6-2-3-7-17(15)28-18)19(24)13-27-20(25)21(26)10-4-1-5-11-21/h2-3,6-9,12,26H,1,4-5,10-11,13H2. The Morgan fingerprint density at radius 1 is 1.07 bits per heavy atom. The summed E-state index contributed by atoms with van der Waals surface area (Å²) in [6.45, 7) is -0.438. The van der Waals surface area contributed by atoms with Crippen LogP contribution in [0.2, 0.25) is 5.02 Å². The molecule has 1 amide bonds. The minimum Gasteiger partial charge on any atom is -0.453 e. The lowest BCUT2D eigenvalue weighted by atomic mass is 9.85. The molecule has 5 nitrogen and oxygen atoms in total. The largest absolute Gasteiger partial charge is 0.453 e. The highest BCUT2D eigenvalue weighted by molar-refractivity contribution is 7.99. The maximum atomic E-state index is 13.0. The number of carbonyl (C=O) groups excluding carboxylic acids is 2. The molecule has 1 heterocycles. The zero-order valence-electron chi connectivity index (χ0n) is 15.2. The monoisotopic (exact) mass is 417 g/mol. The summed E-state index contributed by atoms with van der Waals surface area (Å²) in [6.07, 6.45) is 3.31. The van der Waals surface area contributed by atoms with Crippen LogP contribution in [0.15, 0.2) is 52.3 Å². The van der Waals surface area contributed by atoms with Gasteiger partial charge in [-0.1, -0.05) is 41.9 Å². The fraction of sp³-hybridized carbons (Fsp3) is 0.333. The molecule has 1 N–H and O–H groups in total. The number of hydrogen-bond donors (Lipinski definition) is 1. The number of esters is 1. The number of para-hydroxylation sites is 1. The first-order chi connectivity index (χ1) is 13.5. The Bertz CT molecular complexity index is 926. The summed E-state index contributed by atoms with van der Waals surface area (Å²) in [5.74, 6) is -1.10. The van der Waals surface area contributed by atoms with Gasteiger partial charge in [-0.15, -0.1) is 0 Å². The molecule has 4 rings (SSSR count). The van der Waals surface area contributed by atoms with Crippen LogP contribution in [0.4, 0.5) is 11.4 Å². The molecular formula is C21H20ClNO4S. The number of fused-ring (bicyclic) bond motifs is 2. The Morgan fingerprint density at radius 2 is 1.79 bits per heavy atom. The second-order valence-electron chi connectivity index (χ2n) is 7.08. The van der Waals surface area contributed by atoms with Crippen molar-refractivity contribution in [2.75, 3.05) is 11.5 Å². The fourth-order valence-corrected chi connectivity index (χ4v) is 4.87. The van der Waals surface area contributed by atoms with E-state index in [1.54, 1.807) is 23.9 Å². The van der Waals surface area contributed by atoms with Gasteiger partial charge in [0.05, 0.1) is 11.4 Å². The maximum absolute atomic E-state index is 13.0. The van der Waals surface area contributed by atoms with Crippen LogP contribution < -0.4 is 4.90 Å². The number of rotatable bonds is 3. The van der Waals surface area contributed by atoms with E-state index in [0.717, 1.165) is 34.7 Å². The van der Waals surface area contributed by atoms with Crippen molar-refractivity contribution in [3.8, 4) is 0 Å². The normalized spacial score (nSPS) is 17.4. The number of nitrogens with zero attached hydrogens (tertiary/aromatic N) is 1. The number of aliphatic hydroxyl groups is 1. The number of carbonyl (C=O) groups is 2. The molecule has 28 heavy (non-hydrogen) atoms. The number of ether oxygens (including phenoxy) is 1. The van der Waals surface area contributed by atoms with E-state index in [1.807, 2.05) is 30.3 Å². The molecule has 0 atom stereocenters. The molecule has 0 spiro atoms. The smallest absolute Gasteiger partial charge is 0.338 e. The Balaban J connectivity index is 1.57. The van der Waals surface area contributed by atoms with E-state index in [1.165, 1.54) is 4.90 Å². The number of amides is 1. The lowest BCUT2D eigenvalue weighted by molar-refractivity contribution is -0.170. The molecule has 1 saturated carbocycles. The summed E-state index contributed by atoms with van der Waals surface area (Å²) in [5, 5.41) is 11.0. The summed E-state index contributed by atoms with van der Waals surface area (Å²) in [7, 11) is 0. The van der Waals surface area contributed by atoms with Gasteiger partial charge in [0.15, 0.2) is 12.2 Å². The number of anilines is 2. The van der Waals surface area contributed by atoms with Crippen molar-refractivity contribution in [1.82, 2.24) is 0 Å². The lowest BCUT2D eigenvalue weighted by Gasteiger charge is -2.32. The lowest BCUT2D eigenvalue weighted by Crippen LogP contribution is -2.43. The van der Waals surface area contributed by atoms with Crippen LogP contribution in [0.25, 0.3) is 0 Å². The van der Waals surface area contributed by atoms with E-state index in [4.69, 9.17) is 16.3 Å². The first-order valence-electron chi connectivity index (χ1n) is 9.27. The van der Waals surface area contributed by atoms with Crippen LogP contribution in [0.1, 0.15) is 32.1 Å². The van der Waals surface area contributed by atoms with Gasteiger partial charge in [-0.3, -0.25) is 9.69 Å². The van der Waals surface area contributed by atoms with E-state index < -0.39 is 18.2 Å². The summed E-state index contributed by atoms with van der Waals surface area (Å²) >= 11 is 7.71. The molecule has 0 saturated heterocycles. The van der Waals surface area contributed by atoms with Crippen molar-refractivity contribution in [2.45, 2.75) is 47.5 Å². The molecule has 1 aliphatic heterocycles. The van der Waals surface area contributed by atoms with Crippen LogP contribution >= 0.6 is 23.4 Å². The van der Waals surface area contributed by atoms with Gasteiger partial charge in [0.2, 0.25) is 0 Å². The topological polar surface area (TPSA) is 66.8 Å². The summed E-state index contributed by atoms with van der Waals surface area (Å²) in [4.78, 5) is 28.8. The SMILES string of the molecule is O=C(COC(=O)C1(O)CCCCC1)N1c2ccccc2Sc2ccc(Cl)cc21. The molecule has 1 aliphatic carbocycles. The van der Waals surface area contributed by atoms with Gasteiger partial charge in [-0.2, -0.15) is 0 Å². The quantitative estimate of drug-likeness (QED) is 0.732. The Morgan fingerprint density at radius 3 is 2.57 bits per heavy atom. The van der Waals surface area contributed by atoms with Gasteiger partial charge in [-0.25, -0.2) is 4.79 Å². The first kappa shape index (κ1) is 19.3. The minimum atomic E-state index is -1.48. The average molecular weight is 418 g/mol. The minimum absolute atomic E-state index is 0.377. The second-order valence-corrected chi connectivity index (χ2v) is 8.60. The first-order valence-corrected chi connectivity index (χ1v) is 10.5. The van der Waals surface area contributed by atoms with Gasteiger partial charge in [0.1, 0.15) is 0 Å². The van der Waals surface area contributed by atoms with E-state index in [2.05, 4.69) is 0 Å². The zero-order chi connectivity index (χ0) is 19.7. The third kappa shape index (κ3) is 3.64. The molecule has 0 radical (unpaired) electrons. The molecular weight excluding hydrogens is 398 g/mol. The van der Waals surface area contributed by atoms with Crippen molar-refractivity contribution in [1.29, 1.82) is 0 Å². The zero-order valence-corrected chi connectivity index (χ0v) is 16.8. The third-order valence-electron chi connectivity index (χ3n) is 5.12. The molecule has 0 unspecified atom stereocenters. The summed E-state index contributed by atoms with van der Waals surface area (Å²) in [5.41, 5.74) is -0.0941. The second kappa shape index (κ2) is 7.78. The van der Waals surface area contributed by atoms with Gasteiger partial charge in [0.25, 0.3) is 5.91 Å². The van der Waals surface area contributed by atoms with E-state index in [-0.39, 0.29) is 5.91 Å².